The van der Waals surface area contributed by atoms with E-state index in [1.165, 1.54) is 16.6 Å². The third kappa shape index (κ3) is 4.61. The van der Waals surface area contributed by atoms with Crippen LogP contribution < -0.4 is 21.9 Å². The monoisotopic (exact) mass is 380 g/mol. The number of carbonyl (C=O) groups excluding carboxylic acids is 1. The third-order valence-electron chi connectivity index (χ3n) is 3.96. The number of nitrogen functional groups attached to an aromatic ring is 1. The third-order valence-corrected chi connectivity index (χ3v) is 4.69. The number of nitrogens with one attached hydrogen (secondary N) is 1. The average molecular weight is 380 g/mol. The number of amides is 1. The van der Waals surface area contributed by atoms with Crippen molar-refractivity contribution in [3.8, 4) is 0 Å². The highest BCUT2D eigenvalue weighted by Gasteiger charge is 2.23. The molecule has 2 aromatic rings. The van der Waals surface area contributed by atoms with Crippen molar-refractivity contribution in [3.05, 3.63) is 43.2 Å². The summed E-state index contributed by atoms with van der Waals surface area (Å²) in [6.45, 7) is 2.67. The van der Waals surface area contributed by atoms with Gasteiger partial charge in [0.1, 0.15) is 5.82 Å². The number of anilines is 2. The summed E-state index contributed by atoms with van der Waals surface area (Å²) in [6, 6.07) is 1.96. The van der Waals surface area contributed by atoms with Gasteiger partial charge in [0.05, 0.1) is 6.61 Å². The second-order valence-corrected chi connectivity index (χ2v) is 6.59. The summed E-state index contributed by atoms with van der Waals surface area (Å²) in [5.74, 6) is -0.243. The fourth-order valence-electron chi connectivity index (χ4n) is 2.65. The van der Waals surface area contributed by atoms with Gasteiger partial charge >= 0.3 is 5.69 Å². The standard InChI is InChI=1S/C17H24N4O4S/c1-3-7-21-15(18)14(16(23)19-17(21)24)20(8-9-25-2)13(22)5-4-12-6-10-26-11-12/h6,10-11H,3-5,7-9,18H2,1-2H3,(H,19,23,24). The van der Waals surface area contributed by atoms with Crippen molar-refractivity contribution in [2.24, 2.45) is 0 Å². The van der Waals surface area contributed by atoms with Gasteiger partial charge in [-0.05, 0) is 35.2 Å². The molecule has 2 aromatic heterocycles. The number of hydrogen-bond acceptors (Lipinski definition) is 6. The first-order valence-electron chi connectivity index (χ1n) is 8.42. The Labute approximate surface area is 155 Å². The summed E-state index contributed by atoms with van der Waals surface area (Å²) in [5.41, 5.74) is 5.91. The van der Waals surface area contributed by atoms with E-state index in [9.17, 15) is 14.4 Å². The molecule has 0 unspecified atom stereocenters. The molecule has 0 aromatic carbocycles. The molecule has 0 aliphatic heterocycles. The van der Waals surface area contributed by atoms with Crippen molar-refractivity contribution in [2.45, 2.75) is 32.7 Å². The van der Waals surface area contributed by atoms with Gasteiger partial charge in [0, 0.05) is 26.6 Å². The Morgan fingerprint density at radius 2 is 2.19 bits per heavy atom. The highest BCUT2D eigenvalue weighted by molar-refractivity contribution is 7.07. The van der Waals surface area contributed by atoms with Crippen LogP contribution in [0.1, 0.15) is 25.3 Å². The van der Waals surface area contributed by atoms with Crippen molar-refractivity contribution < 1.29 is 9.53 Å². The van der Waals surface area contributed by atoms with E-state index >= 15 is 0 Å². The number of hydrogen-bond donors (Lipinski definition) is 2. The first-order chi connectivity index (χ1) is 12.5. The van der Waals surface area contributed by atoms with Gasteiger partial charge in [-0.1, -0.05) is 6.92 Å². The molecule has 142 valence electrons. The molecule has 0 atom stereocenters. The number of thiophene rings is 1. The molecule has 26 heavy (non-hydrogen) atoms. The Hall–Kier alpha value is -2.39. The summed E-state index contributed by atoms with van der Waals surface area (Å²) in [4.78, 5) is 40.7. The highest BCUT2D eigenvalue weighted by atomic mass is 32.1. The van der Waals surface area contributed by atoms with Crippen LogP contribution in [-0.2, 0) is 22.5 Å². The second-order valence-electron chi connectivity index (χ2n) is 5.81. The molecule has 0 radical (unpaired) electrons. The molecule has 3 N–H and O–H groups in total. The highest BCUT2D eigenvalue weighted by Crippen LogP contribution is 2.19. The van der Waals surface area contributed by atoms with E-state index in [2.05, 4.69) is 4.98 Å². The van der Waals surface area contributed by atoms with E-state index in [1.54, 1.807) is 11.3 Å². The van der Waals surface area contributed by atoms with Crippen LogP contribution in [0, 0.1) is 0 Å². The molecule has 0 aliphatic carbocycles. The van der Waals surface area contributed by atoms with Gasteiger partial charge in [0.25, 0.3) is 5.56 Å². The van der Waals surface area contributed by atoms with Gasteiger partial charge in [0.15, 0.2) is 5.69 Å². The molecule has 0 aliphatic rings. The van der Waals surface area contributed by atoms with Crippen molar-refractivity contribution >= 4 is 28.7 Å². The molecule has 8 nitrogen and oxygen atoms in total. The predicted molar refractivity (Wildman–Crippen MR) is 103 cm³/mol. The number of carbonyl (C=O) groups is 1. The van der Waals surface area contributed by atoms with Crippen molar-refractivity contribution in [1.29, 1.82) is 0 Å². The molecule has 1 amide bonds. The number of nitrogens with two attached hydrogens (primary N) is 1. The molecule has 0 bridgehead atoms. The summed E-state index contributed by atoms with van der Waals surface area (Å²) in [6.07, 6.45) is 1.46. The summed E-state index contributed by atoms with van der Waals surface area (Å²) in [5, 5.41) is 3.93. The molecule has 9 heteroatoms. The Morgan fingerprint density at radius 3 is 2.81 bits per heavy atom. The Kier molecular flexibility index (Phi) is 7.16. The minimum absolute atomic E-state index is 0.000543. The fraction of sp³-hybridized carbons (Fsp3) is 0.471. The predicted octanol–water partition coefficient (Wildman–Crippen LogP) is 1.20. The van der Waals surface area contributed by atoms with Gasteiger partial charge in [0.2, 0.25) is 5.91 Å². The Bertz CT molecular complexity index is 841. The van der Waals surface area contributed by atoms with Gasteiger partial charge in [-0.2, -0.15) is 11.3 Å². The van der Waals surface area contributed by atoms with Gasteiger partial charge in [-0.25, -0.2) is 4.79 Å². The van der Waals surface area contributed by atoms with E-state index < -0.39 is 11.2 Å². The van der Waals surface area contributed by atoms with Crippen LogP contribution in [0.25, 0.3) is 0 Å². The first-order valence-corrected chi connectivity index (χ1v) is 9.36. The Balaban J connectivity index is 2.36. The maximum absolute atomic E-state index is 12.8. The fourth-order valence-corrected chi connectivity index (χ4v) is 3.35. The van der Waals surface area contributed by atoms with E-state index in [1.807, 2.05) is 23.8 Å². The molecular formula is C17H24N4O4S. The van der Waals surface area contributed by atoms with Gasteiger partial charge in [-0.3, -0.25) is 19.1 Å². The first kappa shape index (κ1) is 19.9. The zero-order valence-electron chi connectivity index (χ0n) is 15.0. The minimum atomic E-state index is -0.667. The van der Waals surface area contributed by atoms with Crippen LogP contribution in [0.3, 0.4) is 0 Å². The summed E-state index contributed by atoms with van der Waals surface area (Å²) in [7, 11) is 1.51. The normalized spacial score (nSPS) is 10.8. The van der Waals surface area contributed by atoms with Crippen molar-refractivity contribution in [3.63, 3.8) is 0 Å². The summed E-state index contributed by atoms with van der Waals surface area (Å²) < 4.78 is 6.34. The lowest BCUT2D eigenvalue weighted by Crippen LogP contribution is -2.42. The lowest BCUT2D eigenvalue weighted by molar-refractivity contribution is -0.118. The number of ether oxygens (including phenoxy) is 1. The molecule has 0 spiro atoms. The molecule has 0 saturated heterocycles. The van der Waals surface area contributed by atoms with E-state index in [0.717, 1.165) is 5.56 Å². The van der Waals surface area contributed by atoms with Crippen LogP contribution in [0.5, 0.6) is 0 Å². The topological polar surface area (TPSA) is 110 Å². The smallest absolute Gasteiger partial charge is 0.330 e. The minimum Gasteiger partial charge on any atom is -0.383 e. The second kappa shape index (κ2) is 9.35. The van der Waals surface area contributed by atoms with E-state index in [-0.39, 0.29) is 37.0 Å². The summed E-state index contributed by atoms with van der Waals surface area (Å²) >= 11 is 1.57. The molecular weight excluding hydrogens is 356 g/mol. The zero-order valence-corrected chi connectivity index (χ0v) is 15.8. The maximum Gasteiger partial charge on any atom is 0.330 e. The van der Waals surface area contributed by atoms with Crippen LogP contribution >= 0.6 is 11.3 Å². The number of aryl methyl sites for hydroxylation is 1. The SMILES string of the molecule is CCCn1c(N)c(N(CCOC)C(=O)CCc2ccsc2)c(=O)[nH]c1=O. The molecule has 0 fully saturated rings. The van der Waals surface area contributed by atoms with Crippen molar-refractivity contribution in [1.82, 2.24) is 9.55 Å². The van der Waals surface area contributed by atoms with E-state index in [0.29, 0.717) is 19.4 Å². The van der Waals surface area contributed by atoms with Gasteiger partial charge in [-0.15, -0.1) is 0 Å². The number of nitrogens with zero attached hydrogens (tertiary/aromatic N) is 2. The number of aromatic amines is 1. The maximum atomic E-state index is 12.8. The van der Waals surface area contributed by atoms with Crippen molar-refractivity contribution in [2.75, 3.05) is 30.9 Å². The number of aromatic nitrogens is 2. The number of rotatable bonds is 9. The zero-order chi connectivity index (χ0) is 19.1. The quantitative estimate of drug-likeness (QED) is 0.679. The lowest BCUT2D eigenvalue weighted by atomic mass is 10.1. The van der Waals surface area contributed by atoms with Gasteiger partial charge < -0.3 is 15.4 Å². The van der Waals surface area contributed by atoms with Crippen LogP contribution in [-0.4, -0.2) is 35.7 Å². The Morgan fingerprint density at radius 1 is 1.42 bits per heavy atom. The van der Waals surface area contributed by atoms with E-state index in [4.69, 9.17) is 10.5 Å². The largest absolute Gasteiger partial charge is 0.383 e. The lowest BCUT2D eigenvalue weighted by Gasteiger charge is -2.24. The van der Waals surface area contributed by atoms with Crippen LogP contribution in [0.15, 0.2) is 26.4 Å². The molecule has 2 heterocycles. The number of H-pyrrole nitrogens is 1. The van der Waals surface area contributed by atoms with Crippen LogP contribution in [0.4, 0.5) is 11.5 Å². The molecule has 0 saturated carbocycles. The molecule has 2 rings (SSSR count). The number of methoxy groups -OCH3 is 1. The van der Waals surface area contributed by atoms with Crippen LogP contribution in [0.2, 0.25) is 0 Å². The average Bonchev–Trinajstić information content (AvgIpc) is 3.12.